The van der Waals surface area contributed by atoms with Crippen LogP contribution in [-0.2, 0) is 11.2 Å². The molecular formula is C14H8Cl4O4S. The number of aliphatic carboxylic acids is 1. The minimum Gasteiger partial charge on any atom is -0.505 e. The van der Waals surface area contributed by atoms with Crippen molar-refractivity contribution < 1.29 is 20.1 Å². The van der Waals surface area contributed by atoms with Crippen molar-refractivity contribution in [3.05, 3.63) is 43.9 Å². The Morgan fingerprint density at radius 2 is 1.57 bits per heavy atom. The minimum atomic E-state index is -1.14. The minimum absolute atomic E-state index is 0.0207. The number of aromatic hydroxyl groups is 2. The molecule has 2 aromatic rings. The Labute approximate surface area is 155 Å². The molecule has 0 saturated carbocycles. The van der Waals surface area contributed by atoms with Crippen LogP contribution in [0, 0.1) is 0 Å². The Morgan fingerprint density at radius 1 is 0.957 bits per heavy atom. The molecule has 0 saturated heterocycles. The highest BCUT2D eigenvalue weighted by Crippen LogP contribution is 2.48. The molecule has 0 amide bonds. The fourth-order valence-electron chi connectivity index (χ4n) is 1.78. The Hall–Kier alpha value is -0.980. The average Bonchev–Trinajstić information content (AvgIpc) is 2.44. The van der Waals surface area contributed by atoms with E-state index >= 15 is 0 Å². The lowest BCUT2D eigenvalue weighted by atomic mass is 10.1. The molecule has 2 rings (SSSR count). The first kappa shape index (κ1) is 18.4. The van der Waals surface area contributed by atoms with Crippen LogP contribution in [0.15, 0.2) is 28.0 Å². The topological polar surface area (TPSA) is 77.8 Å². The van der Waals surface area contributed by atoms with Crippen LogP contribution in [0.25, 0.3) is 0 Å². The number of carbonyl (C=O) groups is 1. The summed E-state index contributed by atoms with van der Waals surface area (Å²) in [5, 5.41) is 29.5. The molecule has 0 aromatic heterocycles. The Bertz CT molecular complexity index is 795. The van der Waals surface area contributed by atoms with E-state index in [1.807, 2.05) is 0 Å². The van der Waals surface area contributed by atoms with Gasteiger partial charge < -0.3 is 15.3 Å². The number of benzene rings is 2. The van der Waals surface area contributed by atoms with Crippen LogP contribution in [0.3, 0.4) is 0 Å². The Morgan fingerprint density at radius 3 is 2.17 bits per heavy atom. The summed E-state index contributed by atoms with van der Waals surface area (Å²) in [6.45, 7) is 0. The fourth-order valence-corrected chi connectivity index (χ4v) is 4.16. The highest BCUT2D eigenvalue weighted by atomic mass is 35.5. The molecule has 9 heteroatoms. The molecule has 2 aromatic carbocycles. The van der Waals surface area contributed by atoms with E-state index in [9.17, 15) is 15.0 Å². The van der Waals surface area contributed by atoms with Gasteiger partial charge in [0.05, 0.1) is 26.3 Å². The van der Waals surface area contributed by atoms with E-state index in [0.29, 0.717) is 0 Å². The van der Waals surface area contributed by atoms with Crippen LogP contribution in [0.5, 0.6) is 11.5 Å². The van der Waals surface area contributed by atoms with Crippen molar-refractivity contribution in [3.63, 3.8) is 0 Å². The van der Waals surface area contributed by atoms with Gasteiger partial charge in [-0.15, -0.1) is 0 Å². The van der Waals surface area contributed by atoms with Crippen LogP contribution in [0.1, 0.15) is 5.56 Å². The maximum Gasteiger partial charge on any atom is 0.307 e. The number of carboxylic acids is 1. The summed E-state index contributed by atoms with van der Waals surface area (Å²) < 4.78 is 0. The lowest BCUT2D eigenvalue weighted by Crippen LogP contribution is -2.03. The van der Waals surface area contributed by atoms with E-state index in [4.69, 9.17) is 51.5 Å². The molecule has 0 aliphatic rings. The smallest absolute Gasteiger partial charge is 0.307 e. The average molecular weight is 414 g/mol. The normalized spacial score (nSPS) is 10.8. The number of phenols is 2. The molecule has 0 heterocycles. The molecule has 0 fully saturated rings. The van der Waals surface area contributed by atoms with Gasteiger partial charge in [-0.05, 0) is 23.8 Å². The second kappa shape index (κ2) is 7.28. The van der Waals surface area contributed by atoms with Crippen LogP contribution in [0.2, 0.25) is 20.1 Å². The Kier molecular flexibility index (Phi) is 5.81. The summed E-state index contributed by atoms with van der Waals surface area (Å²) in [6.07, 6.45) is -0.430. The predicted molar refractivity (Wildman–Crippen MR) is 91.7 cm³/mol. The molecule has 0 aliphatic carbocycles. The second-order valence-corrected chi connectivity index (χ2v) is 7.11. The number of hydrogen-bond acceptors (Lipinski definition) is 4. The van der Waals surface area contributed by atoms with Crippen molar-refractivity contribution in [3.8, 4) is 11.5 Å². The standard InChI is InChI=1S/C14H8Cl4O4S/c15-5-1-8(17)12(21)10(2-5)23-14-6(3-11(19)20)7(16)4-9(18)13(14)22/h1-2,4,21-22H,3H2,(H,19,20). The molecule has 122 valence electrons. The number of rotatable bonds is 4. The highest BCUT2D eigenvalue weighted by molar-refractivity contribution is 7.99. The molecule has 3 N–H and O–H groups in total. The maximum atomic E-state index is 11.0. The van der Waals surface area contributed by atoms with Gasteiger partial charge in [-0.1, -0.05) is 58.2 Å². The predicted octanol–water partition coefficient (Wildman–Crippen LogP) is 5.49. The first-order valence-corrected chi connectivity index (χ1v) is 8.31. The van der Waals surface area contributed by atoms with Gasteiger partial charge in [0.1, 0.15) is 11.5 Å². The summed E-state index contributed by atoms with van der Waals surface area (Å²) in [7, 11) is 0. The van der Waals surface area contributed by atoms with Gasteiger partial charge in [-0.2, -0.15) is 0 Å². The first-order chi connectivity index (χ1) is 10.7. The van der Waals surface area contributed by atoms with E-state index < -0.39 is 12.4 Å². The highest BCUT2D eigenvalue weighted by Gasteiger charge is 2.21. The number of halogens is 4. The zero-order valence-electron chi connectivity index (χ0n) is 11.1. The first-order valence-electron chi connectivity index (χ1n) is 5.98. The SMILES string of the molecule is O=C(O)Cc1c(Cl)cc(Cl)c(O)c1Sc1cc(Cl)cc(Cl)c1O. The van der Waals surface area contributed by atoms with Gasteiger partial charge in [0.15, 0.2) is 0 Å². The monoisotopic (exact) mass is 412 g/mol. The van der Waals surface area contributed by atoms with Gasteiger partial charge in [-0.25, -0.2) is 0 Å². The number of carboxylic acid groups (broad SMARTS) is 1. The van der Waals surface area contributed by atoms with Gasteiger partial charge in [0.2, 0.25) is 0 Å². The van der Waals surface area contributed by atoms with Crippen molar-refractivity contribution in [2.45, 2.75) is 16.2 Å². The lowest BCUT2D eigenvalue weighted by Gasteiger charge is -2.14. The van der Waals surface area contributed by atoms with Crippen LogP contribution in [0.4, 0.5) is 0 Å². The molecule has 4 nitrogen and oxygen atoms in total. The van der Waals surface area contributed by atoms with E-state index in [1.54, 1.807) is 0 Å². The van der Waals surface area contributed by atoms with Crippen LogP contribution in [-0.4, -0.2) is 21.3 Å². The molecule has 0 atom stereocenters. The Balaban J connectivity index is 2.61. The number of phenolic OH excluding ortho intramolecular Hbond substituents is 2. The summed E-state index contributed by atoms with van der Waals surface area (Å²) in [5.41, 5.74) is 0.168. The lowest BCUT2D eigenvalue weighted by molar-refractivity contribution is -0.136. The third-order valence-electron chi connectivity index (χ3n) is 2.79. The van der Waals surface area contributed by atoms with Gasteiger partial charge in [0.25, 0.3) is 0 Å². The summed E-state index contributed by atoms with van der Waals surface area (Å²) in [6, 6.07) is 4.03. The van der Waals surface area contributed by atoms with E-state index in [-0.39, 0.29) is 46.9 Å². The summed E-state index contributed by atoms with van der Waals surface area (Å²) >= 11 is 24.5. The molecule has 0 radical (unpaired) electrons. The van der Waals surface area contributed by atoms with Crippen molar-refractivity contribution in [1.82, 2.24) is 0 Å². The summed E-state index contributed by atoms with van der Waals surface area (Å²) in [5.74, 6) is -1.73. The molecule has 0 bridgehead atoms. The number of hydrogen-bond donors (Lipinski definition) is 3. The maximum absolute atomic E-state index is 11.0. The molecule has 0 unspecified atom stereocenters. The molecule has 23 heavy (non-hydrogen) atoms. The zero-order chi connectivity index (χ0) is 17.3. The van der Waals surface area contributed by atoms with E-state index in [2.05, 4.69) is 0 Å². The fraction of sp³-hybridized carbons (Fsp3) is 0.0714. The molecular weight excluding hydrogens is 406 g/mol. The van der Waals surface area contributed by atoms with Crippen LogP contribution < -0.4 is 0 Å². The zero-order valence-corrected chi connectivity index (χ0v) is 14.9. The van der Waals surface area contributed by atoms with Crippen molar-refractivity contribution >= 4 is 64.1 Å². The molecule has 0 aliphatic heterocycles. The van der Waals surface area contributed by atoms with Gasteiger partial charge in [-0.3, -0.25) is 4.79 Å². The summed E-state index contributed by atoms with van der Waals surface area (Å²) in [4.78, 5) is 11.4. The van der Waals surface area contributed by atoms with Gasteiger partial charge in [0, 0.05) is 10.0 Å². The molecule has 0 spiro atoms. The second-order valence-electron chi connectivity index (χ2n) is 4.40. The van der Waals surface area contributed by atoms with E-state index in [0.717, 1.165) is 11.8 Å². The van der Waals surface area contributed by atoms with E-state index in [1.165, 1.54) is 18.2 Å². The van der Waals surface area contributed by atoms with Crippen molar-refractivity contribution in [1.29, 1.82) is 0 Å². The van der Waals surface area contributed by atoms with Gasteiger partial charge >= 0.3 is 5.97 Å². The van der Waals surface area contributed by atoms with Crippen LogP contribution >= 0.6 is 58.2 Å². The van der Waals surface area contributed by atoms with Crippen molar-refractivity contribution in [2.24, 2.45) is 0 Å². The third-order valence-corrected chi connectivity index (χ3v) is 5.10. The quantitative estimate of drug-likeness (QED) is 0.617. The largest absolute Gasteiger partial charge is 0.505 e. The van der Waals surface area contributed by atoms with Crippen molar-refractivity contribution in [2.75, 3.05) is 0 Å². The third kappa shape index (κ3) is 4.11.